The van der Waals surface area contributed by atoms with Crippen molar-refractivity contribution in [2.24, 2.45) is 5.92 Å². The molecule has 0 bridgehead atoms. The minimum Gasteiger partial charge on any atom is -0.497 e. The molecule has 1 N–H and O–H groups in total. The van der Waals surface area contributed by atoms with Gasteiger partial charge in [-0.25, -0.2) is 0 Å². The summed E-state index contributed by atoms with van der Waals surface area (Å²) in [5, 5.41) is 14.0. The minimum absolute atomic E-state index is 0.0664. The number of non-ortho nitro benzene ring substituents is 1. The number of carbonyl (C=O) groups is 2. The highest BCUT2D eigenvalue weighted by Crippen LogP contribution is 2.35. The fourth-order valence-corrected chi connectivity index (χ4v) is 3.29. The van der Waals surface area contributed by atoms with Gasteiger partial charge in [0.05, 0.1) is 30.4 Å². The Morgan fingerprint density at radius 2 is 1.71 bits per heavy atom. The molecule has 0 saturated heterocycles. The minimum atomic E-state index is -0.523. The van der Waals surface area contributed by atoms with E-state index in [0.717, 1.165) is 0 Å². The number of nitrogens with zero attached hydrogens (tertiary/aromatic N) is 2. The normalized spacial score (nSPS) is 13.8. The van der Waals surface area contributed by atoms with Crippen LogP contribution >= 0.6 is 0 Å². The van der Waals surface area contributed by atoms with Crippen LogP contribution in [-0.4, -0.2) is 42.4 Å². The van der Waals surface area contributed by atoms with E-state index in [1.165, 1.54) is 43.4 Å². The Labute approximate surface area is 179 Å². The van der Waals surface area contributed by atoms with Crippen molar-refractivity contribution in [1.29, 1.82) is 0 Å². The Kier molecular flexibility index (Phi) is 6.24. The van der Waals surface area contributed by atoms with Crippen LogP contribution in [0.5, 0.6) is 11.5 Å². The molecule has 0 radical (unpaired) electrons. The monoisotopic (exact) mass is 425 g/mol. The summed E-state index contributed by atoms with van der Waals surface area (Å²) in [6.45, 7) is 4.06. The van der Waals surface area contributed by atoms with E-state index in [2.05, 4.69) is 5.32 Å². The van der Waals surface area contributed by atoms with Crippen LogP contribution in [0.15, 0.2) is 48.2 Å². The first-order valence-corrected chi connectivity index (χ1v) is 9.61. The van der Waals surface area contributed by atoms with Gasteiger partial charge in [0, 0.05) is 24.7 Å². The average molecular weight is 425 g/mol. The number of nitro benzene ring substituents is 1. The highest BCUT2D eigenvalue weighted by atomic mass is 16.6. The average Bonchev–Trinajstić information content (AvgIpc) is 2.97. The summed E-state index contributed by atoms with van der Waals surface area (Å²) >= 11 is 0. The van der Waals surface area contributed by atoms with Crippen molar-refractivity contribution < 1.29 is 24.0 Å². The number of hydrogen-bond donors (Lipinski definition) is 1. The van der Waals surface area contributed by atoms with E-state index < -0.39 is 16.7 Å². The highest BCUT2D eigenvalue weighted by molar-refractivity contribution is 6.36. The van der Waals surface area contributed by atoms with E-state index in [9.17, 15) is 19.7 Å². The molecule has 162 valence electrons. The molecule has 3 rings (SSSR count). The summed E-state index contributed by atoms with van der Waals surface area (Å²) < 4.78 is 10.6. The van der Waals surface area contributed by atoms with Crippen LogP contribution < -0.4 is 14.8 Å². The van der Waals surface area contributed by atoms with Crippen molar-refractivity contribution in [2.45, 2.75) is 13.8 Å². The summed E-state index contributed by atoms with van der Waals surface area (Å²) in [7, 11) is 3.01. The fourth-order valence-electron chi connectivity index (χ4n) is 3.29. The van der Waals surface area contributed by atoms with Gasteiger partial charge in [-0.05, 0) is 35.7 Å². The number of benzene rings is 2. The lowest BCUT2D eigenvalue weighted by atomic mass is 10.0. The summed E-state index contributed by atoms with van der Waals surface area (Å²) in [5.74, 6) is 0.126. The maximum atomic E-state index is 13.2. The molecule has 1 heterocycles. The number of methoxy groups -OCH3 is 2. The molecule has 1 aliphatic heterocycles. The number of anilines is 1. The Hall–Kier alpha value is -3.88. The Morgan fingerprint density at radius 3 is 2.26 bits per heavy atom. The van der Waals surface area contributed by atoms with Gasteiger partial charge in [0.1, 0.15) is 17.2 Å². The van der Waals surface area contributed by atoms with Crippen LogP contribution in [0.4, 0.5) is 11.4 Å². The predicted molar refractivity (Wildman–Crippen MR) is 115 cm³/mol. The van der Waals surface area contributed by atoms with E-state index in [0.29, 0.717) is 22.7 Å². The zero-order valence-corrected chi connectivity index (χ0v) is 17.7. The second-order valence-electron chi connectivity index (χ2n) is 7.36. The molecule has 2 aromatic carbocycles. The van der Waals surface area contributed by atoms with E-state index in [1.54, 1.807) is 18.2 Å². The molecule has 0 saturated carbocycles. The van der Waals surface area contributed by atoms with E-state index in [1.807, 2.05) is 13.8 Å². The molecule has 31 heavy (non-hydrogen) atoms. The molecule has 0 aromatic heterocycles. The highest BCUT2D eigenvalue weighted by Gasteiger charge is 2.39. The Balaban J connectivity index is 2.11. The lowest BCUT2D eigenvalue weighted by molar-refractivity contribution is -0.384. The van der Waals surface area contributed by atoms with Crippen molar-refractivity contribution in [2.75, 3.05) is 26.1 Å². The SMILES string of the molecule is COc1ccc(OC)c(NC2=C(c3ccc([N+](=O)[O-])cc3)C(=O)N(CC(C)C)C2=O)c1. The maximum Gasteiger partial charge on any atom is 0.278 e. The van der Waals surface area contributed by atoms with E-state index in [4.69, 9.17) is 9.47 Å². The van der Waals surface area contributed by atoms with Gasteiger partial charge in [-0.2, -0.15) is 0 Å². The van der Waals surface area contributed by atoms with Gasteiger partial charge >= 0.3 is 0 Å². The van der Waals surface area contributed by atoms with Gasteiger partial charge in [-0.15, -0.1) is 0 Å². The van der Waals surface area contributed by atoms with Crippen LogP contribution in [0, 0.1) is 16.0 Å². The lowest BCUT2D eigenvalue weighted by Gasteiger charge is -2.18. The molecule has 2 amide bonds. The third kappa shape index (κ3) is 4.35. The van der Waals surface area contributed by atoms with Crippen molar-refractivity contribution in [3.05, 3.63) is 63.8 Å². The smallest absolute Gasteiger partial charge is 0.278 e. The molecule has 0 spiro atoms. The first-order chi connectivity index (χ1) is 14.8. The third-order valence-corrected chi connectivity index (χ3v) is 4.75. The number of nitrogens with one attached hydrogen (secondary N) is 1. The predicted octanol–water partition coefficient (Wildman–Crippen LogP) is 3.46. The molecule has 9 heteroatoms. The number of nitro groups is 1. The van der Waals surface area contributed by atoms with Gasteiger partial charge in [0.2, 0.25) is 0 Å². The van der Waals surface area contributed by atoms with Gasteiger partial charge in [-0.3, -0.25) is 24.6 Å². The number of carbonyl (C=O) groups excluding carboxylic acids is 2. The molecule has 0 fully saturated rings. The maximum absolute atomic E-state index is 13.2. The van der Waals surface area contributed by atoms with Crippen molar-refractivity contribution in [1.82, 2.24) is 4.90 Å². The number of imide groups is 1. The van der Waals surface area contributed by atoms with Gasteiger partial charge in [0.15, 0.2) is 0 Å². The number of hydrogen-bond acceptors (Lipinski definition) is 7. The number of ether oxygens (including phenoxy) is 2. The van der Waals surface area contributed by atoms with Gasteiger partial charge < -0.3 is 14.8 Å². The van der Waals surface area contributed by atoms with Crippen molar-refractivity contribution in [3.63, 3.8) is 0 Å². The Bertz CT molecular complexity index is 1060. The first-order valence-electron chi connectivity index (χ1n) is 9.61. The second kappa shape index (κ2) is 8.86. The Morgan fingerprint density at radius 1 is 1.03 bits per heavy atom. The summed E-state index contributed by atoms with van der Waals surface area (Å²) in [4.78, 5) is 38.0. The summed E-state index contributed by atoms with van der Waals surface area (Å²) in [5.41, 5.74) is 0.962. The van der Waals surface area contributed by atoms with Crippen LogP contribution in [0.2, 0.25) is 0 Å². The summed E-state index contributed by atoms with van der Waals surface area (Å²) in [6, 6.07) is 10.6. The molecule has 0 atom stereocenters. The molecule has 1 aliphatic rings. The molecule has 9 nitrogen and oxygen atoms in total. The topological polar surface area (TPSA) is 111 Å². The molecule has 0 unspecified atom stereocenters. The van der Waals surface area contributed by atoms with Crippen LogP contribution in [0.3, 0.4) is 0 Å². The quantitative estimate of drug-likeness (QED) is 0.392. The molecule has 0 aliphatic carbocycles. The van der Waals surface area contributed by atoms with Crippen molar-refractivity contribution in [3.8, 4) is 11.5 Å². The molecular formula is C22H23N3O6. The molecule has 2 aromatic rings. The lowest BCUT2D eigenvalue weighted by Crippen LogP contribution is -2.35. The van der Waals surface area contributed by atoms with E-state index in [-0.39, 0.29) is 29.4 Å². The molecular weight excluding hydrogens is 402 g/mol. The zero-order chi connectivity index (χ0) is 22.7. The fraction of sp³-hybridized carbons (Fsp3) is 0.273. The van der Waals surface area contributed by atoms with Crippen LogP contribution in [-0.2, 0) is 9.59 Å². The largest absolute Gasteiger partial charge is 0.497 e. The number of rotatable bonds is 8. The van der Waals surface area contributed by atoms with Crippen LogP contribution in [0.1, 0.15) is 19.4 Å². The second-order valence-corrected chi connectivity index (χ2v) is 7.36. The number of amides is 2. The third-order valence-electron chi connectivity index (χ3n) is 4.75. The van der Waals surface area contributed by atoms with Gasteiger partial charge in [-0.1, -0.05) is 13.8 Å². The van der Waals surface area contributed by atoms with E-state index >= 15 is 0 Å². The standard InChI is InChI=1S/C22H23N3O6/c1-13(2)12-24-21(26)19(14-5-7-15(8-6-14)25(28)29)20(22(24)27)23-17-11-16(30-3)9-10-18(17)31-4/h5-11,13,23H,12H2,1-4H3. The summed E-state index contributed by atoms with van der Waals surface area (Å²) in [6.07, 6.45) is 0. The zero-order valence-electron chi connectivity index (χ0n) is 17.7. The van der Waals surface area contributed by atoms with Crippen molar-refractivity contribution >= 4 is 28.8 Å². The first kappa shape index (κ1) is 21.8. The van der Waals surface area contributed by atoms with Gasteiger partial charge in [0.25, 0.3) is 17.5 Å². The van der Waals surface area contributed by atoms with Crippen LogP contribution in [0.25, 0.3) is 5.57 Å².